The van der Waals surface area contributed by atoms with Gasteiger partial charge in [0.2, 0.25) is 0 Å². The average Bonchev–Trinajstić information content (AvgIpc) is 3.68. The molecule has 0 saturated heterocycles. The van der Waals surface area contributed by atoms with Gasteiger partial charge < -0.3 is 10.1 Å². The van der Waals surface area contributed by atoms with Crippen LogP contribution in [-0.4, -0.2) is 29.0 Å². The molecule has 0 aliphatic heterocycles. The summed E-state index contributed by atoms with van der Waals surface area (Å²) in [7, 11) is 0. The third-order valence-corrected chi connectivity index (χ3v) is 7.06. The predicted molar refractivity (Wildman–Crippen MR) is 153 cm³/mol. The Morgan fingerprint density at radius 2 is 1.81 bits per heavy atom. The van der Waals surface area contributed by atoms with Crippen LogP contribution < -0.4 is 21.3 Å². The number of aryl methyl sites for hydroxylation is 1. The monoisotopic (exact) mass is 586 g/mol. The van der Waals surface area contributed by atoms with E-state index in [0.717, 1.165) is 40.1 Å². The maximum Gasteiger partial charge on any atom is 0.335 e. The topological polar surface area (TPSA) is 113 Å². The molecule has 210 valence electrons. The third kappa shape index (κ3) is 4.97. The van der Waals surface area contributed by atoms with E-state index in [0.29, 0.717) is 11.3 Å². The van der Waals surface area contributed by atoms with Gasteiger partial charge in [-0.25, -0.2) is 27.0 Å². The molecule has 1 amide bonds. The van der Waals surface area contributed by atoms with Crippen molar-refractivity contribution in [3.05, 3.63) is 123 Å². The molecule has 2 aromatic carbocycles. The first-order valence-electron chi connectivity index (χ1n) is 12.6. The molecule has 42 heavy (non-hydrogen) atoms. The van der Waals surface area contributed by atoms with E-state index in [1.165, 1.54) is 40.4 Å². The molecule has 0 spiro atoms. The van der Waals surface area contributed by atoms with Crippen molar-refractivity contribution in [2.75, 3.05) is 5.32 Å². The molecule has 0 atom stereocenters. The summed E-state index contributed by atoms with van der Waals surface area (Å²) < 4.78 is 42.2. The average molecular weight is 587 g/mol. The van der Waals surface area contributed by atoms with Gasteiger partial charge in [0.1, 0.15) is 16.9 Å². The summed E-state index contributed by atoms with van der Waals surface area (Å²) in [4.78, 5) is 39.2. The Hall–Kier alpha value is -5.43. The van der Waals surface area contributed by atoms with Crippen molar-refractivity contribution < 1.29 is 18.3 Å². The molecule has 4 heterocycles. The lowest BCUT2D eigenvalue weighted by Gasteiger charge is -2.13. The zero-order chi connectivity index (χ0) is 29.4. The minimum atomic E-state index is -0.903. The number of amides is 1. The van der Waals surface area contributed by atoms with E-state index < -0.39 is 28.8 Å². The van der Waals surface area contributed by atoms with Crippen molar-refractivity contribution in [1.29, 1.82) is 0 Å². The fourth-order valence-corrected chi connectivity index (χ4v) is 4.91. The Balaban J connectivity index is 1.29. The number of hydrogen-bond donors (Lipinski definition) is 1. The van der Waals surface area contributed by atoms with Crippen molar-refractivity contribution in [1.82, 2.24) is 23.1 Å². The molecule has 4 aromatic heterocycles. The van der Waals surface area contributed by atoms with Gasteiger partial charge in [-0.1, -0.05) is 0 Å². The normalized spacial score (nSPS) is 11.1. The van der Waals surface area contributed by atoms with E-state index >= 15 is 4.39 Å². The van der Waals surface area contributed by atoms with Gasteiger partial charge in [-0.3, -0.25) is 14.2 Å². The number of rotatable bonds is 7. The highest BCUT2D eigenvalue weighted by atomic mass is 32.1. The Kier molecular flexibility index (Phi) is 6.92. The van der Waals surface area contributed by atoms with E-state index in [1.807, 2.05) is 11.6 Å². The van der Waals surface area contributed by atoms with Crippen LogP contribution in [0.1, 0.15) is 17.3 Å². The molecule has 6 aromatic rings. The van der Waals surface area contributed by atoms with E-state index in [4.69, 9.17) is 4.74 Å². The fraction of sp³-hybridized carbons (Fsp3) is 0.0690. The predicted octanol–water partition coefficient (Wildman–Crippen LogP) is 5.11. The fourth-order valence-electron chi connectivity index (χ4n) is 4.36. The number of ether oxygens (including phenoxy) is 1. The summed E-state index contributed by atoms with van der Waals surface area (Å²) in [6, 6.07) is 12.0. The number of nitrogens with one attached hydrogen (secondary N) is 1. The number of carbonyl (C=O) groups excluding carboxylic acids is 1. The molecule has 0 bridgehead atoms. The molecule has 0 aliphatic rings. The van der Waals surface area contributed by atoms with E-state index in [-0.39, 0.29) is 29.2 Å². The summed E-state index contributed by atoms with van der Waals surface area (Å²) >= 11 is 1.30. The molecule has 0 saturated carbocycles. The lowest BCUT2D eigenvalue weighted by molar-refractivity contribution is 0.102. The first-order valence-corrected chi connectivity index (χ1v) is 13.4. The minimum absolute atomic E-state index is 0.0550. The summed E-state index contributed by atoms with van der Waals surface area (Å²) in [5.74, 6) is -1.92. The molecular weight excluding hydrogens is 566 g/mol. The highest BCUT2D eigenvalue weighted by Gasteiger charge is 2.20. The Labute approximate surface area is 239 Å². The summed E-state index contributed by atoms with van der Waals surface area (Å²) in [5.41, 5.74) is 0.450. The van der Waals surface area contributed by atoms with Crippen LogP contribution in [-0.2, 0) is 6.54 Å². The Morgan fingerprint density at radius 1 is 1.00 bits per heavy atom. The highest BCUT2D eigenvalue weighted by Crippen LogP contribution is 2.33. The van der Waals surface area contributed by atoms with Crippen LogP contribution >= 0.6 is 11.5 Å². The van der Waals surface area contributed by atoms with Gasteiger partial charge in [-0.05, 0) is 67.0 Å². The molecule has 13 heteroatoms. The van der Waals surface area contributed by atoms with Gasteiger partial charge in [0.25, 0.3) is 11.5 Å². The number of fused-ring (bicyclic) bond motifs is 1. The van der Waals surface area contributed by atoms with Crippen molar-refractivity contribution in [3.8, 4) is 28.3 Å². The first kappa shape index (κ1) is 26.8. The molecule has 0 unspecified atom stereocenters. The SMILES string of the molecule is CCn1cc(C(=O)Nc2ccc(Oc3cc(-c4cnsc4)cn4nccc34)c(F)c2)c(=O)n(-c2ccc(F)cc2)c1=O. The van der Waals surface area contributed by atoms with Crippen LogP contribution in [0.15, 0.2) is 94.4 Å². The molecule has 0 fully saturated rings. The van der Waals surface area contributed by atoms with E-state index in [9.17, 15) is 18.8 Å². The largest absolute Gasteiger partial charge is 0.452 e. The molecule has 0 radical (unpaired) electrons. The lowest BCUT2D eigenvalue weighted by atomic mass is 10.1. The molecule has 0 aliphatic carbocycles. The van der Waals surface area contributed by atoms with Crippen molar-refractivity contribution in [2.45, 2.75) is 13.5 Å². The molecule has 1 N–H and O–H groups in total. The number of pyridine rings is 1. The van der Waals surface area contributed by atoms with E-state index in [1.54, 1.807) is 36.0 Å². The van der Waals surface area contributed by atoms with Gasteiger partial charge in [-0.2, -0.15) is 5.10 Å². The Morgan fingerprint density at radius 3 is 2.52 bits per heavy atom. The second kappa shape index (κ2) is 10.9. The first-order chi connectivity index (χ1) is 20.3. The number of carbonyl (C=O) groups is 1. The van der Waals surface area contributed by atoms with Crippen LogP contribution in [0.2, 0.25) is 0 Å². The van der Waals surface area contributed by atoms with Gasteiger partial charge in [-0.15, -0.1) is 0 Å². The number of hydrogen-bond acceptors (Lipinski definition) is 7. The van der Waals surface area contributed by atoms with Crippen LogP contribution in [0.3, 0.4) is 0 Å². The third-order valence-electron chi connectivity index (χ3n) is 6.47. The maximum absolute atomic E-state index is 15.2. The quantitative estimate of drug-likeness (QED) is 0.278. The van der Waals surface area contributed by atoms with Crippen LogP contribution in [0.25, 0.3) is 22.3 Å². The van der Waals surface area contributed by atoms with E-state index in [2.05, 4.69) is 14.8 Å². The van der Waals surface area contributed by atoms with Crippen molar-refractivity contribution in [2.24, 2.45) is 0 Å². The smallest absolute Gasteiger partial charge is 0.335 e. The number of aromatic nitrogens is 5. The Bertz CT molecular complexity index is 2070. The second-order valence-corrected chi connectivity index (χ2v) is 9.75. The van der Waals surface area contributed by atoms with Gasteiger partial charge in [0, 0.05) is 53.4 Å². The lowest BCUT2D eigenvalue weighted by Crippen LogP contribution is -2.42. The van der Waals surface area contributed by atoms with Crippen LogP contribution in [0.4, 0.5) is 14.5 Å². The minimum Gasteiger partial charge on any atom is -0.452 e. The number of nitrogens with zero attached hydrogens (tertiary/aromatic N) is 5. The van der Waals surface area contributed by atoms with Gasteiger partial charge in [0.15, 0.2) is 17.3 Å². The molecular formula is C29H20F2N6O4S. The van der Waals surface area contributed by atoms with Crippen molar-refractivity contribution >= 4 is 28.6 Å². The van der Waals surface area contributed by atoms with Crippen LogP contribution in [0, 0.1) is 11.6 Å². The molecule has 6 rings (SSSR count). The summed E-state index contributed by atoms with van der Waals surface area (Å²) in [5, 5.41) is 8.63. The van der Waals surface area contributed by atoms with Gasteiger partial charge in [0.05, 0.1) is 11.9 Å². The highest BCUT2D eigenvalue weighted by molar-refractivity contribution is 7.03. The zero-order valence-corrected chi connectivity index (χ0v) is 22.6. The number of halogens is 2. The second-order valence-electron chi connectivity index (χ2n) is 9.10. The van der Waals surface area contributed by atoms with Gasteiger partial charge >= 0.3 is 5.69 Å². The molecule has 10 nitrogen and oxygen atoms in total. The zero-order valence-electron chi connectivity index (χ0n) is 21.8. The summed E-state index contributed by atoms with van der Waals surface area (Å²) in [6.07, 6.45) is 6.25. The number of anilines is 1. The number of benzene rings is 2. The maximum atomic E-state index is 15.2. The van der Waals surface area contributed by atoms with Crippen molar-refractivity contribution in [3.63, 3.8) is 0 Å². The van der Waals surface area contributed by atoms with Crippen LogP contribution in [0.5, 0.6) is 11.5 Å². The standard InChI is InChI=1S/C29H20F2N6O4S/c1-2-35-15-22(28(39)37(29(35)40)21-6-3-19(30)4-7-21)27(38)34-20-5-8-25(23(31)12-20)41-26-11-17(18-13-33-42-16-18)14-36-24(26)9-10-32-36/h3-16H,2H2,1H3,(H,34,38). The summed E-state index contributed by atoms with van der Waals surface area (Å²) in [6.45, 7) is 1.83.